The number of rotatable bonds is 12. The SMILES string of the molecule is COc1cc(/C=C/C[C@@H]2OC(C)(C)O[C@@H]2C(C)/C=C\C[C@@H](C)O)c(C(=O)OC[Si](C)(C)C)c(OC)c1. The van der Waals surface area contributed by atoms with Crippen molar-refractivity contribution < 1.29 is 33.6 Å². The topological polar surface area (TPSA) is 83.5 Å². The first-order valence-corrected chi connectivity index (χ1v) is 16.3. The fourth-order valence-corrected chi connectivity index (χ4v) is 4.58. The van der Waals surface area contributed by atoms with Gasteiger partial charge in [-0.25, -0.2) is 4.79 Å². The molecule has 0 bridgehead atoms. The van der Waals surface area contributed by atoms with Gasteiger partial charge in [0.2, 0.25) is 0 Å². The van der Waals surface area contributed by atoms with Gasteiger partial charge in [-0.15, -0.1) is 0 Å². The van der Waals surface area contributed by atoms with Gasteiger partial charge in [0.25, 0.3) is 0 Å². The Labute approximate surface area is 217 Å². The number of hydrogen-bond donors (Lipinski definition) is 1. The summed E-state index contributed by atoms with van der Waals surface area (Å²) in [7, 11) is 1.52. The normalized spacial score (nSPS) is 21.6. The largest absolute Gasteiger partial charge is 0.497 e. The molecule has 36 heavy (non-hydrogen) atoms. The summed E-state index contributed by atoms with van der Waals surface area (Å²) in [4.78, 5) is 13.1. The van der Waals surface area contributed by atoms with E-state index in [0.29, 0.717) is 41.7 Å². The monoisotopic (exact) mass is 520 g/mol. The number of aliphatic hydroxyl groups is 1. The van der Waals surface area contributed by atoms with E-state index in [2.05, 4.69) is 32.6 Å². The smallest absolute Gasteiger partial charge is 0.342 e. The zero-order valence-corrected chi connectivity index (χ0v) is 24.3. The van der Waals surface area contributed by atoms with Gasteiger partial charge in [-0.2, -0.15) is 0 Å². The molecule has 0 aliphatic carbocycles. The van der Waals surface area contributed by atoms with Gasteiger partial charge in [-0.1, -0.05) is 50.9 Å². The Kier molecular flexibility index (Phi) is 10.8. The van der Waals surface area contributed by atoms with Crippen LogP contribution in [-0.4, -0.2) is 63.7 Å². The van der Waals surface area contributed by atoms with Gasteiger partial charge < -0.3 is 28.8 Å². The summed E-state index contributed by atoms with van der Waals surface area (Å²) < 4.78 is 29.0. The summed E-state index contributed by atoms with van der Waals surface area (Å²) in [6.45, 7) is 14.1. The Morgan fingerprint density at radius 2 is 1.83 bits per heavy atom. The minimum absolute atomic E-state index is 0.105. The Balaban J connectivity index is 2.28. The van der Waals surface area contributed by atoms with E-state index in [0.717, 1.165) is 0 Å². The predicted molar refractivity (Wildman–Crippen MR) is 145 cm³/mol. The zero-order valence-electron chi connectivity index (χ0n) is 23.3. The minimum atomic E-state index is -1.58. The highest BCUT2D eigenvalue weighted by atomic mass is 28.3. The van der Waals surface area contributed by atoms with E-state index in [4.69, 9.17) is 23.7 Å². The van der Waals surface area contributed by atoms with Gasteiger partial charge in [-0.05, 0) is 45.2 Å². The van der Waals surface area contributed by atoms with E-state index in [1.807, 2.05) is 32.1 Å². The highest BCUT2D eigenvalue weighted by Gasteiger charge is 2.42. The second kappa shape index (κ2) is 12.9. The van der Waals surface area contributed by atoms with E-state index in [1.54, 1.807) is 26.2 Å². The lowest BCUT2D eigenvalue weighted by Crippen LogP contribution is -2.30. The molecule has 0 aromatic heterocycles. The predicted octanol–water partition coefficient (Wildman–Crippen LogP) is 5.62. The van der Waals surface area contributed by atoms with Crippen LogP contribution in [0.3, 0.4) is 0 Å². The lowest BCUT2D eigenvalue weighted by Gasteiger charge is -2.20. The van der Waals surface area contributed by atoms with Crippen LogP contribution >= 0.6 is 0 Å². The van der Waals surface area contributed by atoms with Crippen molar-refractivity contribution in [1.82, 2.24) is 0 Å². The molecule has 1 aliphatic rings. The van der Waals surface area contributed by atoms with Crippen LogP contribution in [0.2, 0.25) is 19.6 Å². The van der Waals surface area contributed by atoms with Gasteiger partial charge in [0.1, 0.15) is 17.1 Å². The number of methoxy groups -OCH3 is 2. The average Bonchev–Trinajstić information content (AvgIpc) is 3.10. The first kappa shape index (κ1) is 30.1. The van der Waals surface area contributed by atoms with Gasteiger partial charge in [0.15, 0.2) is 5.79 Å². The summed E-state index contributed by atoms with van der Waals surface area (Å²) in [5.74, 6) is -0.00286. The summed E-state index contributed by atoms with van der Waals surface area (Å²) >= 11 is 0. The third kappa shape index (κ3) is 9.07. The number of ether oxygens (including phenoxy) is 5. The third-order valence-corrected chi connectivity index (χ3v) is 6.73. The maximum atomic E-state index is 13.1. The van der Waals surface area contributed by atoms with Crippen molar-refractivity contribution in [3.05, 3.63) is 41.5 Å². The van der Waals surface area contributed by atoms with Crippen molar-refractivity contribution in [1.29, 1.82) is 0 Å². The van der Waals surface area contributed by atoms with E-state index < -0.39 is 19.8 Å². The molecular weight excluding hydrogens is 476 g/mol. The van der Waals surface area contributed by atoms with Crippen molar-refractivity contribution in [3.63, 3.8) is 0 Å². The lowest BCUT2D eigenvalue weighted by molar-refractivity contribution is -0.148. The lowest BCUT2D eigenvalue weighted by atomic mass is 9.96. The van der Waals surface area contributed by atoms with E-state index in [1.165, 1.54) is 7.11 Å². The van der Waals surface area contributed by atoms with Gasteiger partial charge in [0.05, 0.1) is 46.8 Å². The van der Waals surface area contributed by atoms with Crippen molar-refractivity contribution in [2.45, 2.75) is 84.3 Å². The molecule has 1 aromatic rings. The molecule has 1 aromatic carbocycles. The van der Waals surface area contributed by atoms with Gasteiger partial charge in [-0.3, -0.25) is 0 Å². The summed E-state index contributed by atoms with van der Waals surface area (Å²) in [6, 6.07) is 3.50. The highest BCUT2D eigenvalue weighted by molar-refractivity contribution is 6.76. The maximum absolute atomic E-state index is 13.1. The number of carbonyl (C=O) groups excluding carboxylic acids is 1. The molecule has 7 nitrogen and oxygen atoms in total. The maximum Gasteiger partial charge on any atom is 0.342 e. The number of carbonyl (C=O) groups is 1. The standard InChI is InChI=1S/C28H44O7Si/c1-19(12-10-13-20(2)29)26-23(34-28(3,4)35-26)15-11-14-21-16-22(31-5)17-24(32-6)25(21)27(30)33-18-36(7,8)9/h10-12,14,16-17,19-20,23,26,29H,13,15,18H2,1-9H3/b12-10-,14-11+/t19?,20-,23+,26-/m1/s1. The van der Waals surface area contributed by atoms with Crippen LogP contribution in [0.4, 0.5) is 0 Å². The second-order valence-electron chi connectivity index (χ2n) is 11.1. The second-order valence-corrected chi connectivity index (χ2v) is 16.5. The Morgan fingerprint density at radius 1 is 1.14 bits per heavy atom. The molecule has 1 N–H and O–H groups in total. The molecule has 0 radical (unpaired) electrons. The first-order valence-electron chi connectivity index (χ1n) is 12.6. The molecule has 1 heterocycles. The molecule has 8 heteroatoms. The number of esters is 1. The number of benzene rings is 1. The van der Waals surface area contributed by atoms with Crippen molar-refractivity contribution in [2.75, 3.05) is 20.4 Å². The fraction of sp³-hybridized carbons (Fsp3) is 0.607. The number of hydrogen-bond acceptors (Lipinski definition) is 7. The molecule has 0 amide bonds. The first-order chi connectivity index (χ1) is 16.8. The highest BCUT2D eigenvalue weighted by Crippen LogP contribution is 2.35. The summed E-state index contributed by atoms with van der Waals surface area (Å²) in [5, 5.41) is 9.53. The van der Waals surface area contributed by atoms with Crippen LogP contribution < -0.4 is 9.47 Å². The van der Waals surface area contributed by atoms with Crippen molar-refractivity contribution in [2.24, 2.45) is 5.92 Å². The van der Waals surface area contributed by atoms with Crippen LogP contribution in [0.1, 0.15) is 56.5 Å². The molecule has 1 saturated heterocycles. The van der Waals surface area contributed by atoms with Crippen molar-refractivity contribution >= 4 is 20.1 Å². The van der Waals surface area contributed by atoms with Gasteiger partial charge in [0, 0.05) is 12.0 Å². The molecule has 2 rings (SSSR count). The van der Waals surface area contributed by atoms with Crippen LogP contribution in [0.15, 0.2) is 30.4 Å². The van der Waals surface area contributed by atoms with Crippen LogP contribution in [-0.2, 0) is 14.2 Å². The van der Waals surface area contributed by atoms with E-state index in [9.17, 15) is 9.90 Å². The molecule has 202 valence electrons. The Hall–Kier alpha value is -2.13. The minimum Gasteiger partial charge on any atom is -0.497 e. The molecule has 0 saturated carbocycles. The quantitative estimate of drug-likeness (QED) is 0.217. The molecular formula is C28H44O7Si. The Morgan fingerprint density at radius 3 is 2.42 bits per heavy atom. The molecule has 0 spiro atoms. The number of aliphatic hydroxyl groups excluding tert-OH is 1. The van der Waals surface area contributed by atoms with E-state index in [-0.39, 0.29) is 24.2 Å². The zero-order chi connectivity index (χ0) is 27.1. The van der Waals surface area contributed by atoms with Crippen LogP contribution in [0.5, 0.6) is 11.5 Å². The molecule has 1 unspecified atom stereocenters. The molecule has 1 fully saturated rings. The van der Waals surface area contributed by atoms with Crippen LogP contribution in [0, 0.1) is 5.92 Å². The van der Waals surface area contributed by atoms with Crippen molar-refractivity contribution in [3.8, 4) is 11.5 Å². The summed E-state index contributed by atoms with van der Waals surface area (Å²) in [6.07, 6.45) is 8.84. The fourth-order valence-electron chi connectivity index (χ4n) is 4.01. The molecule has 1 aliphatic heterocycles. The average molecular weight is 521 g/mol. The van der Waals surface area contributed by atoms with E-state index >= 15 is 0 Å². The molecule has 4 atom stereocenters. The third-order valence-electron chi connectivity index (χ3n) is 5.72. The van der Waals surface area contributed by atoms with Gasteiger partial charge >= 0.3 is 5.97 Å². The summed E-state index contributed by atoms with van der Waals surface area (Å²) in [5.41, 5.74) is 1.04. The Bertz CT molecular complexity index is 931. The van der Waals surface area contributed by atoms with Crippen LogP contribution in [0.25, 0.3) is 6.08 Å².